The SMILES string of the molecule is O=S(=O)(c1ccc(Cl)cc1)N1CCC(Oc2ncccn2)CC1. The van der Waals surface area contributed by atoms with Gasteiger partial charge in [0.1, 0.15) is 6.10 Å². The van der Waals surface area contributed by atoms with E-state index in [1.54, 1.807) is 30.6 Å². The highest BCUT2D eigenvalue weighted by atomic mass is 35.5. The molecule has 1 fully saturated rings. The van der Waals surface area contributed by atoms with Crippen molar-refractivity contribution in [2.75, 3.05) is 13.1 Å². The van der Waals surface area contributed by atoms with Crippen molar-refractivity contribution in [3.63, 3.8) is 0 Å². The predicted molar refractivity (Wildman–Crippen MR) is 85.9 cm³/mol. The highest BCUT2D eigenvalue weighted by Gasteiger charge is 2.30. The third-order valence-electron chi connectivity index (χ3n) is 3.67. The van der Waals surface area contributed by atoms with Crippen LogP contribution < -0.4 is 4.74 Å². The lowest BCUT2D eigenvalue weighted by atomic mass is 10.1. The minimum Gasteiger partial charge on any atom is -0.460 e. The lowest BCUT2D eigenvalue weighted by Crippen LogP contribution is -2.41. The lowest BCUT2D eigenvalue weighted by Gasteiger charge is -2.30. The smallest absolute Gasteiger partial charge is 0.316 e. The maximum Gasteiger partial charge on any atom is 0.316 e. The Kier molecular flexibility index (Phi) is 4.79. The van der Waals surface area contributed by atoms with Gasteiger partial charge in [-0.15, -0.1) is 0 Å². The minimum absolute atomic E-state index is 0.0749. The number of sulfonamides is 1. The second kappa shape index (κ2) is 6.82. The molecule has 1 aromatic heterocycles. The molecule has 1 aromatic carbocycles. The summed E-state index contributed by atoms with van der Waals surface area (Å²) in [6, 6.07) is 8.25. The molecule has 23 heavy (non-hydrogen) atoms. The Balaban J connectivity index is 1.63. The summed E-state index contributed by atoms with van der Waals surface area (Å²) in [7, 11) is -3.49. The summed E-state index contributed by atoms with van der Waals surface area (Å²) in [5, 5.41) is 0.513. The van der Waals surface area contributed by atoms with E-state index in [9.17, 15) is 8.42 Å². The quantitative estimate of drug-likeness (QED) is 0.843. The van der Waals surface area contributed by atoms with Gasteiger partial charge in [0.2, 0.25) is 10.0 Å². The van der Waals surface area contributed by atoms with Crippen LogP contribution in [0.1, 0.15) is 12.8 Å². The molecule has 0 spiro atoms. The number of nitrogens with zero attached hydrogens (tertiary/aromatic N) is 3. The average Bonchev–Trinajstić information content (AvgIpc) is 2.57. The van der Waals surface area contributed by atoms with E-state index < -0.39 is 10.0 Å². The van der Waals surface area contributed by atoms with Crippen molar-refractivity contribution in [3.05, 3.63) is 47.7 Å². The molecule has 1 saturated heterocycles. The summed E-state index contributed by atoms with van der Waals surface area (Å²) >= 11 is 5.81. The van der Waals surface area contributed by atoms with Crippen molar-refractivity contribution in [1.82, 2.24) is 14.3 Å². The summed E-state index contributed by atoms with van der Waals surface area (Å²) in [4.78, 5) is 8.29. The van der Waals surface area contributed by atoms with Crippen LogP contribution in [0.2, 0.25) is 5.02 Å². The zero-order valence-corrected chi connectivity index (χ0v) is 13.9. The molecular formula is C15H16ClN3O3S. The van der Waals surface area contributed by atoms with E-state index in [2.05, 4.69) is 9.97 Å². The maximum atomic E-state index is 12.6. The topological polar surface area (TPSA) is 72.4 Å². The zero-order chi connectivity index (χ0) is 16.3. The van der Waals surface area contributed by atoms with Gasteiger partial charge < -0.3 is 4.74 Å². The van der Waals surface area contributed by atoms with E-state index in [1.165, 1.54) is 16.4 Å². The first-order chi connectivity index (χ1) is 11.1. The van der Waals surface area contributed by atoms with Crippen molar-refractivity contribution >= 4 is 21.6 Å². The van der Waals surface area contributed by atoms with Crippen LogP contribution >= 0.6 is 11.6 Å². The average molecular weight is 354 g/mol. The Morgan fingerprint density at radius 2 is 1.70 bits per heavy atom. The van der Waals surface area contributed by atoms with Crippen molar-refractivity contribution in [2.45, 2.75) is 23.8 Å². The Bertz CT molecular complexity index is 745. The fourth-order valence-corrected chi connectivity index (χ4v) is 4.04. The third kappa shape index (κ3) is 3.80. The highest BCUT2D eigenvalue weighted by molar-refractivity contribution is 7.89. The summed E-state index contributed by atoms with van der Waals surface area (Å²) in [6.07, 6.45) is 4.36. The first-order valence-corrected chi connectivity index (χ1v) is 9.07. The Morgan fingerprint density at radius 1 is 1.09 bits per heavy atom. The maximum absolute atomic E-state index is 12.6. The van der Waals surface area contributed by atoms with Gasteiger partial charge in [0.15, 0.2) is 0 Å². The van der Waals surface area contributed by atoms with Gasteiger partial charge in [-0.2, -0.15) is 4.31 Å². The predicted octanol–water partition coefficient (Wildman–Crippen LogP) is 2.36. The Morgan fingerprint density at radius 3 is 2.30 bits per heavy atom. The van der Waals surface area contributed by atoms with Gasteiger partial charge in [0.05, 0.1) is 4.90 Å². The van der Waals surface area contributed by atoms with Crippen molar-refractivity contribution in [2.24, 2.45) is 0 Å². The Hall–Kier alpha value is -1.70. The molecule has 0 N–H and O–H groups in total. The molecule has 6 nitrogen and oxygen atoms in total. The minimum atomic E-state index is -3.49. The molecule has 0 saturated carbocycles. The largest absolute Gasteiger partial charge is 0.460 e. The van der Waals surface area contributed by atoms with Crippen LogP contribution in [-0.2, 0) is 10.0 Å². The number of piperidine rings is 1. The van der Waals surface area contributed by atoms with Gasteiger partial charge in [0.25, 0.3) is 0 Å². The molecule has 0 aliphatic carbocycles. The van der Waals surface area contributed by atoms with E-state index >= 15 is 0 Å². The number of hydrogen-bond donors (Lipinski definition) is 0. The molecule has 0 atom stereocenters. The van der Waals surface area contributed by atoms with E-state index in [0.717, 1.165) is 0 Å². The summed E-state index contributed by atoms with van der Waals surface area (Å²) in [5.74, 6) is 0. The van der Waals surface area contributed by atoms with Gasteiger partial charge in [-0.25, -0.2) is 18.4 Å². The van der Waals surface area contributed by atoms with E-state index in [-0.39, 0.29) is 11.0 Å². The molecule has 122 valence electrons. The van der Waals surface area contributed by atoms with Crippen LogP contribution in [0.3, 0.4) is 0 Å². The van der Waals surface area contributed by atoms with Gasteiger partial charge in [-0.3, -0.25) is 0 Å². The fourth-order valence-electron chi connectivity index (χ4n) is 2.44. The van der Waals surface area contributed by atoms with Gasteiger partial charge >= 0.3 is 6.01 Å². The number of rotatable bonds is 4. The Labute approximate surface area is 140 Å². The number of halogens is 1. The van der Waals surface area contributed by atoms with Crippen molar-refractivity contribution < 1.29 is 13.2 Å². The molecule has 1 aliphatic rings. The molecule has 0 bridgehead atoms. The summed E-state index contributed by atoms with van der Waals surface area (Å²) in [6.45, 7) is 0.810. The molecule has 2 aromatic rings. The van der Waals surface area contributed by atoms with E-state index in [0.29, 0.717) is 37.0 Å². The van der Waals surface area contributed by atoms with Gasteiger partial charge in [-0.1, -0.05) is 11.6 Å². The summed E-state index contributed by atoms with van der Waals surface area (Å²) < 4.78 is 32.3. The van der Waals surface area contributed by atoms with Crippen LogP contribution in [0.15, 0.2) is 47.6 Å². The molecule has 8 heteroatoms. The number of benzene rings is 1. The molecule has 2 heterocycles. The first kappa shape index (κ1) is 16.2. The fraction of sp³-hybridized carbons (Fsp3) is 0.333. The molecule has 0 amide bonds. The number of ether oxygens (including phenoxy) is 1. The third-order valence-corrected chi connectivity index (χ3v) is 5.83. The van der Waals surface area contributed by atoms with Crippen LogP contribution in [-0.4, -0.2) is 41.9 Å². The summed E-state index contributed by atoms with van der Waals surface area (Å²) in [5.41, 5.74) is 0. The van der Waals surface area contributed by atoms with E-state index in [1.807, 2.05) is 0 Å². The van der Waals surface area contributed by atoms with Gasteiger partial charge in [-0.05, 0) is 43.2 Å². The standard InChI is InChI=1S/C15H16ClN3O3S/c16-12-2-4-14(5-3-12)23(20,21)19-10-6-13(7-11-19)22-15-17-8-1-9-18-15/h1-5,8-9,13H,6-7,10-11H2. The zero-order valence-electron chi connectivity index (χ0n) is 12.3. The number of hydrogen-bond acceptors (Lipinski definition) is 5. The number of aromatic nitrogens is 2. The van der Waals surface area contributed by atoms with Crippen LogP contribution in [0.4, 0.5) is 0 Å². The second-order valence-electron chi connectivity index (χ2n) is 5.21. The van der Waals surface area contributed by atoms with Crippen LogP contribution in [0.25, 0.3) is 0 Å². The van der Waals surface area contributed by atoms with Crippen LogP contribution in [0, 0.1) is 0 Å². The van der Waals surface area contributed by atoms with Crippen molar-refractivity contribution in [1.29, 1.82) is 0 Å². The van der Waals surface area contributed by atoms with E-state index in [4.69, 9.17) is 16.3 Å². The van der Waals surface area contributed by atoms with Gasteiger partial charge in [0, 0.05) is 30.5 Å². The normalized spacial score (nSPS) is 17.1. The lowest BCUT2D eigenvalue weighted by molar-refractivity contribution is 0.124. The first-order valence-electron chi connectivity index (χ1n) is 7.25. The molecular weight excluding hydrogens is 338 g/mol. The molecule has 0 unspecified atom stereocenters. The molecule has 0 radical (unpaired) electrons. The monoisotopic (exact) mass is 353 g/mol. The molecule has 1 aliphatic heterocycles. The van der Waals surface area contributed by atoms with Crippen LogP contribution in [0.5, 0.6) is 6.01 Å². The second-order valence-corrected chi connectivity index (χ2v) is 7.58. The molecule has 3 rings (SSSR count). The van der Waals surface area contributed by atoms with Crippen molar-refractivity contribution in [3.8, 4) is 6.01 Å². The highest BCUT2D eigenvalue weighted by Crippen LogP contribution is 2.23.